The van der Waals surface area contributed by atoms with Gasteiger partial charge in [0.2, 0.25) is 0 Å². The summed E-state index contributed by atoms with van der Waals surface area (Å²) in [4.78, 5) is 3.70. The average Bonchev–Trinajstić information content (AvgIpc) is 3.25. The monoisotopic (exact) mass is 295 g/mol. The van der Waals surface area contributed by atoms with Gasteiger partial charge in [0.25, 0.3) is 0 Å². The summed E-state index contributed by atoms with van der Waals surface area (Å²) in [5.74, 6) is 1.26. The minimum absolute atomic E-state index is 0.107. The third-order valence-corrected chi connectivity index (χ3v) is 5.97. The molecule has 1 aliphatic carbocycles. The van der Waals surface area contributed by atoms with E-state index in [2.05, 4.69) is 46.7 Å². The lowest BCUT2D eigenvalue weighted by Crippen LogP contribution is -2.38. The second kappa shape index (κ2) is 4.14. The van der Waals surface area contributed by atoms with Gasteiger partial charge in [0.1, 0.15) is 5.76 Å². The summed E-state index contributed by atoms with van der Waals surface area (Å²) in [6.07, 6.45) is 5.04. The highest BCUT2D eigenvalue weighted by atomic mass is 32.1. The van der Waals surface area contributed by atoms with Gasteiger partial charge in [-0.2, -0.15) is 0 Å². The number of rotatable bonds is 1. The van der Waals surface area contributed by atoms with Crippen LogP contribution >= 0.6 is 11.3 Å². The summed E-state index contributed by atoms with van der Waals surface area (Å²) < 4.78 is 6.32. The largest absolute Gasteiger partial charge is 0.447 e. The van der Waals surface area contributed by atoms with E-state index in [1.165, 1.54) is 48.1 Å². The Hall–Kier alpha value is -1.74. The summed E-state index contributed by atoms with van der Waals surface area (Å²) in [5.41, 5.74) is 2.86. The minimum Gasteiger partial charge on any atom is -0.447 e. The van der Waals surface area contributed by atoms with Crippen LogP contribution in [0.1, 0.15) is 37.0 Å². The fourth-order valence-corrected chi connectivity index (χ4v) is 5.02. The predicted octanol–water partition coefficient (Wildman–Crippen LogP) is 5.28. The molecule has 1 fully saturated rings. The lowest BCUT2D eigenvalue weighted by molar-refractivity contribution is 0.360. The predicted molar refractivity (Wildman–Crippen MR) is 86.9 cm³/mol. The van der Waals surface area contributed by atoms with Crippen LogP contribution in [0.2, 0.25) is 0 Å². The van der Waals surface area contributed by atoms with Gasteiger partial charge < -0.3 is 9.32 Å². The van der Waals surface area contributed by atoms with Crippen molar-refractivity contribution in [1.29, 1.82) is 0 Å². The normalized spacial score (nSPS) is 19.7. The van der Waals surface area contributed by atoms with E-state index in [-0.39, 0.29) is 5.54 Å². The van der Waals surface area contributed by atoms with E-state index in [1.54, 1.807) is 11.3 Å². The zero-order valence-electron chi connectivity index (χ0n) is 11.8. The third-order valence-electron chi connectivity index (χ3n) is 5.18. The number of hydrogen-bond acceptors (Lipinski definition) is 3. The SMILES string of the molecule is c1ccc(N2Cc3c(oc4sccc34)C23CCCC3)cc1. The highest BCUT2D eigenvalue weighted by Crippen LogP contribution is 2.54. The summed E-state index contributed by atoms with van der Waals surface area (Å²) in [6.45, 7) is 0.989. The first-order chi connectivity index (χ1) is 10.4. The number of thiophene rings is 1. The third kappa shape index (κ3) is 1.47. The minimum atomic E-state index is 0.107. The number of furan rings is 1. The number of benzene rings is 1. The van der Waals surface area contributed by atoms with Crippen molar-refractivity contribution >= 4 is 27.3 Å². The topological polar surface area (TPSA) is 16.4 Å². The van der Waals surface area contributed by atoms with Crippen molar-refractivity contribution in [2.24, 2.45) is 0 Å². The molecule has 106 valence electrons. The van der Waals surface area contributed by atoms with Crippen LogP contribution < -0.4 is 4.90 Å². The lowest BCUT2D eigenvalue weighted by Gasteiger charge is -2.36. The maximum absolute atomic E-state index is 6.32. The van der Waals surface area contributed by atoms with Crippen LogP contribution in [0.4, 0.5) is 5.69 Å². The summed E-state index contributed by atoms with van der Waals surface area (Å²) >= 11 is 1.73. The van der Waals surface area contributed by atoms with Crippen LogP contribution in [0.5, 0.6) is 0 Å². The Morgan fingerprint density at radius 3 is 2.67 bits per heavy atom. The molecule has 1 aliphatic heterocycles. The fourth-order valence-electron chi connectivity index (χ4n) is 4.24. The van der Waals surface area contributed by atoms with Gasteiger partial charge in [0, 0.05) is 23.2 Å². The molecule has 0 atom stereocenters. The van der Waals surface area contributed by atoms with E-state index in [1.807, 2.05) is 0 Å². The number of para-hydroxylation sites is 1. The van der Waals surface area contributed by atoms with Gasteiger partial charge in [-0.15, -0.1) is 11.3 Å². The number of nitrogens with zero attached hydrogens (tertiary/aromatic N) is 1. The van der Waals surface area contributed by atoms with Crippen molar-refractivity contribution in [3.63, 3.8) is 0 Å². The molecular weight excluding hydrogens is 278 g/mol. The van der Waals surface area contributed by atoms with Crippen molar-refractivity contribution in [3.8, 4) is 0 Å². The van der Waals surface area contributed by atoms with Gasteiger partial charge in [-0.05, 0) is 36.4 Å². The fraction of sp³-hybridized carbons (Fsp3) is 0.333. The van der Waals surface area contributed by atoms with Crippen molar-refractivity contribution in [1.82, 2.24) is 0 Å². The molecule has 0 bridgehead atoms. The molecule has 3 heteroatoms. The lowest BCUT2D eigenvalue weighted by atomic mass is 9.93. The number of fused-ring (bicyclic) bond motifs is 4. The molecule has 0 amide bonds. The maximum atomic E-state index is 6.32. The van der Waals surface area contributed by atoms with Crippen LogP contribution in [0.25, 0.3) is 10.3 Å². The second-order valence-corrected chi connectivity index (χ2v) is 7.07. The number of anilines is 1. The highest BCUT2D eigenvalue weighted by Gasteiger charge is 2.50. The molecule has 1 spiro atoms. The standard InChI is InChI=1S/C18H17NOS/c1-2-6-13(7-3-1)19-12-15-14-8-11-21-17(14)20-16(15)18(19)9-4-5-10-18/h1-3,6-8,11H,4-5,9-10,12H2. The molecule has 1 saturated carbocycles. The van der Waals surface area contributed by atoms with Gasteiger partial charge in [0.15, 0.2) is 4.90 Å². The van der Waals surface area contributed by atoms with Gasteiger partial charge in [-0.25, -0.2) is 0 Å². The van der Waals surface area contributed by atoms with Crippen molar-refractivity contribution in [2.45, 2.75) is 37.8 Å². The van der Waals surface area contributed by atoms with Crippen LogP contribution in [-0.4, -0.2) is 0 Å². The second-order valence-electron chi connectivity index (χ2n) is 6.19. The van der Waals surface area contributed by atoms with Gasteiger partial charge in [0.05, 0.1) is 5.54 Å². The average molecular weight is 295 g/mol. The number of hydrogen-bond donors (Lipinski definition) is 0. The van der Waals surface area contributed by atoms with Gasteiger partial charge >= 0.3 is 0 Å². The summed E-state index contributed by atoms with van der Waals surface area (Å²) in [6, 6.07) is 13.1. The molecule has 0 radical (unpaired) electrons. The molecule has 1 aromatic carbocycles. The highest BCUT2D eigenvalue weighted by molar-refractivity contribution is 7.16. The molecule has 2 aromatic heterocycles. The molecule has 2 aliphatic rings. The van der Waals surface area contributed by atoms with Crippen LogP contribution in [0, 0.1) is 0 Å². The Bertz CT molecular complexity index is 795. The van der Waals surface area contributed by atoms with Gasteiger partial charge in [-0.3, -0.25) is 0 Å². The van der Waals surface area contributed by atoms with Crippen LogP contribution in [-0.2, 0) is 12.1 Å². The van der Waals surface area contributed by atoms with E-state index in [0.29, 0.717) is 0 Å². The van der Waals surface area contributed by atoms with E-state index in [9.17, 15) is 0 Å². The van der Waals surface area contributed by atoms with E-state index in [4.69, 9.17) is 4.42 Å². The molecule has 0 N–H and O–H groups in total. The van der Waals surface area contributed by atoms with Crippen molar-refractivity contribution in [2.75, 3.05) is 4.90 Å². The van der Waals surface area contributed by atoms with Crippen LogP contribution in [0.15, 0.2) is 46.2 Å². The Morgan fingerprint density at radius 2 is 1.86 bits per heavy atom. The quantitative estimate of drug-likeness (QED) is 0.607. The van der Waals surface area contributed by atoms with E-state index < -0.39 is 0 Å². The Labute approximate surface area is 128 Å². The van der Waals surface area contributed by atoms with E-state index in [0.717, 1.165) is 11.4 Å². The summed E-state index contributed by atoms with van der Waals surface area (Å²) in [5, 5.41) is 3.47. The van der Waals surface area contributed by atoms with E-state index >= 15 is 0 Å². The molecule has 3 heterocycles. The zero-order valence-corrected chi connectivity index (χ0v) is 12.7. The molecule has 5 rings (SSSR count). The van der Waals surface area contributed by atoms with Crippen LogP contribution in [0.3, 0.4) is 0 Å². The first-order valence-corrected chi connectivity index (χ1v) is 8.58. The maximum Gasteiger partial charge on any atom is 0.188 e. The Balaban J connectivity index is 1.72. The van der Waals surface area contributed by atoms with Crippen molar-refractivity contribution in [3.05, 3.63) is 53.1 Å². The molecule has 0 saturated heterocycles. The smallest absolute Gasteiger partial charge is 0.188 e. The van der Waals surface area contributed by atoms with Gasteiger partial charge in [-0.1, -0.05) is 31.0 Å². The molecule has 2 nitrogen and oxygen atoms in total. The Kier molecular flexibility index (Phi) is 2.34. The Morgan fingerprint density at radius 1 is 1.05 bits per heavy atom. The first kappa shape index (κ1) is 11.9. The molecule has 21 heavy (non-hydrogen) atoms. The zero-order chi connectivity index (χ0) is 13.9. The summed E-state index contributed by atoms with van der Waals surface area (Å²) in [7, 11) is 0. The molecular formula is C18H17NOS. The first-order valence-electron chi connectivity index (χ1n) is 7.70. The van der Waals surface area contributed by atoms with Crippen molar-refractivity contribution < 1.29 is 4.42 Å². The molecule has 3 aromatic rings. The molecule has 0 unspecified atom stereocenters.